The predicted molar refractivity (Wildman–Crippen MR) is 177 cm³/mol. The van der Waals surface area contributed by atoms with Crippen molar-refractivity contribution in [2.45, 2.75) is 52.6 Å². The second-order valence-corrected chi connectivity index (χ2v) is 13.6. The Morgan fingerprint density at radius 2 is 1.69 bits per heavy atom. The first-order valence-corrected chi connectivity index (χ1v) is 15.7. The lowest BCUT2D eigenvalue weighted by molar-refractivity contribution is 0.0137. The molecule has 1 fully saturated rings. The molecule has 1 saturated heterocycles. The van der Waals surface area contributed by atoms with E-state index in [1.807, 2.05) is 41.5 Å². The van der Waals surface area contributed by atoms with Gasteiger partial charge >= 0.3 is 12.1 Å². The van der Waals surface area contributed by atoms with Crippen molar-refractivity contribution < 1.29 is 32.4 Å². The molecule has 2 aromatic heterocycles. The monoisotopic (exact) mass is 665 g/mol. The van der Waals surface area contributed by atoms with Crippen molar-refractivity contribution in [1.82, 2.24) is 25.2 Å². The van der Waals surface area contributed by atoms with Crippen LogP contribution in [-0.4, -0.2) is 82.2 Å². The van der Waals surface area contributed by atoms with Crippen LogP contribution in [0.25, 0.3) is 22.5 Å². The van der Waals surface area contributed by atoms with Crippen LogP contribution in [-0.2, 0) is 10.2 Å². The van der Waals surface area contributed by atoms with Crippen molar-refractivity contribution in [3.05, 3.63) is 65.9 Å². The smallest absolute Gasteiger partial charge is 0.410 e. The van der Waals surface area contributed by atoms with Gasteiger partial charge in [0, 0.05) is 61.4 Å². The number of nitrogens with zero attached hydrogens (tertiary/aromatic N) is 4. The van der Waals surface area contributed by atoms with Gasteiger partial charge in [-0.2, -0.15) is 5.10 Å². The number of urea groups is 1. The third-order valence-corrected chi connectivity index (χ3v) is 7.51. The summed E-state index contributed by atoms with van der Waals surface area (Å²) in [6.45, 7) is 14.9. The van der Waals surface area contributed by atoms with E-state index < -0.39 is 23.3 Å². The molecule has 1 aliphatic rings. The van der Waals surface area contributed by atoms with Crippen LogP contribution >= 0.6 is 0 Å². The van der Waals surface area contributed by atoms with Crippen LogP contribution in [0.1, 0.15) is 47.3 Å². The van der Waals surface area contributed by atoms with E-state index in [1.54, 1.807) is 35.2 Å². The minimum absolute atomic E-state index is 0.0451. The van der Waals surface area contributed by atoms with Gasteiger partial charge in [0.1, 0.15) is 35.4 Å². The van der Waals surface area contributed by atoms with E-state index in [1.165, 1.54) is 18.2 Å². The molecule has 0 bridgehead atoms. The van der Waals surface area contributed by atoms with Gasteiger partial charge in [0.25, 0.3) is 0 Å². The molecule has 3 amide bonds. The number of hydrogen-bond acceptors (Lipinski definition) is 8. The Morgan fingerprint density at radius 3 is 2.33 bits per heavy atom. The summed E-state index contributed by atoms with van der Waals surface area (Å²) >= 11 is 0. The van der Waals surface area contributed by atoms with Gasteiger partial charge in [0.15, 0.2) is 5.82 Å². The number of anilines is 2. The van der Waals surface area contributed by atoms with Gasteiger partial charge in [0.2, 0.25) is 0 Å². The highest BCUT2D eigenvalue weighted by Gasteiger charge is 2.26. The van der Waals surface area contributed by atoms with Crippen molar-refractivity contribution in [2.24, 2.45) is 0 Å². The summed E-state index contributed by atoms with van der Waals surface area (Å²) in [5.74, 6) is -0.00319. The number of amides is 3. The fraction of sp³-hybridized carbons (Fsp3) is 0.412. The highest BCUT2D eigenvalue weighted by molar-refractivity contribution is 5.99. The molecule has 14 heteroatoms. The number of rotatable bonds is 8. The zero-order chi connectivity index (χ0) is 34.6. The van der Waals surface area contributed by atoms with E-state index in [0.717, 1.165) is 0 Å². The topological polar surface area (TPSA) is 138 Å². The summed E-state index contributed by atoms with van der Waals surface area (Å²) in [7, 11) is 0. The Bertz CT molecular complexity index is 1750. The number of carbonyl (C=O) groups excluding carboxylic acids is 2. The maximum Gasteiger partial charge on any atom is 0.410 e. The Hall–Kier alpha value is -4.98. The van der Waals surface area contributed by atoms with Gasteiger partial charge in [-0.05, 0) is 51.1 Å². The van der Waals surface area contributed by atoms with Gasteiger partial charge < -0.3 is 24.2 Å². The van der Waals surface area contributed by atoms with Gasteiger partial charge in [-0.1, -0.05) is 32.0 Å². The average Bonchev–Trinajstić information content (AvgIpc) is 3.68. The number of piperazine rings is 1. The molecular weight excluding hydrogens is 624 g/mol. The third-order valence-electron chi connectivity index (χ3n) is 7.51. The van der Waals surface area contributed by atoms with Crippen molar-refractivity contribution in [3.63, 3.8) is 0 Å². The summed E-state index contributed by atoms with van der Waals surface area (Å²) in [4.78, 5) is 28.6. The lowest BCUT2D eigenvalue weighted by Crippen LogP contribution is -2.50. The minimum Gasteiger partial charge on any atom is -0.492 e. The molecule has 3 heterocycles. The summed E-state index contributed by atoms with van der Waals surface area (Å²) in [6, 6.07) is 11.4. The van der Waals surface area contributed by atoms with E-state index in [2.05, 4.69) is 30.9 Å². The molecule has 1 aliphatic heterocycles. The quantitative estimate of drug-likeness (QED) is 0.185. The summed E-state index contributed by atoms with van der Waals surface area (Å²) in [5, 5.41) is 15.8. The number of H-pyrrole nitrogens is 1. The number of ether oxygens (including phenoxy) is 2. The lowest BCUT2D eigenvalue weighted by Gasteiger charge is -2.35. The molecular formula is C34H41F2N7O5. The van der Waals surface area contributed by atoms with Crippen LogP contribution in [0.4, 0.5) is 29.9 Å². The number of halogens is 2. The number of aromatic amines is 1. The van der Waals surface area contributed by atoms with Crippen LogP contribution in [0.15, 0.2) is 53.1 Å². The van der Waals surface area contributed by atoms with Crippen LogP contribution in [0.2, 0.25) is 0 Å². The number of hydrogen-bond donors (Lipinski definition) is 3. The first-order chi connectivity index (χ1) is 22.6. The standard InChI is InChI=1S/C34H41F2N7O5/c1-33(2,3)29-20-30(41-48-29)38-31(44)37-26-10-7-21(17-25(26)36)27-19-28(40-39-27)23-9-8-22(18-24(23)35)46-16-15-42-11-13-43(14-12-42)32(45)47-34(4,5)6/h7-10,17-20H,11-16H2,1-6H3,(H,39,40)(H2,37,38,41,44). The Kier molecular flexibility index (Phi) is 10.0. The van der Waals surface area contributed by atoms with Crippen molar-refractivity contribution in [3.8, 4) is 28.3 Å². The second kappa shape index (κ2) is 14.0. The van der Waals surface area contributed by atoms with Crippen molar-refractivity contribution in [1.29, 1.82) is 0 Å². The van der Waals surface area contributed by atoms with Crippen LogP contribution in [0, 0.1) is 11.6 Å². The van der Waals surface area contributed by atoms with Gasteiger partial charge in [-0.15, -0.1) is 0 Å². The molecule has 0 radical (unpaired) electrons. The highest BCUT2D eigenvalue weighted by atomic mass is 19.1. The average molecular weight is 666 g/mol. The fourth-order valence-corrected chi connectivity index (χ4v) is 4.92. The minimum atomic E-state index is -0.682. The van der Waals surface area contributed by atoms with E-state index in [0.29, 0.717) is 67.8 Å². The molecule has 0 aliphatic carbocycles. The Balaban J connectivity index is 1.12. The highest BCUT2D eigenvalue weighted by Crippen LogP contribution is 2.30. The molecule has 0 unspecified atom stereocenters. The van der Waals surface area contributed by atoms with Crippen LogP contribution in [0.3, 0.4) is 0 Å². The summed E-state index contributed by atoms with van der Waals surface area (Å²) in [6.07, 6.45) is -0.308. The normalized spacial score (nSPS) is 14.1. The SMILES string of the molecule is CC(C)(C)OC(=O)N1CCN(CCOc2ccc(-c3cc(-c4ccc(NC(=O)Nc5cc(C(C)(C)C)on5)c(F)c4)n[nH]3)c(F)c2)CC1. The maximum absolute atomic E-state index is 15.1. The Morgan fingerprint density at radius 1 is 0.938 bits per heavy atom. The molecule has 0 saturated carbocycles. The van der Waals surface area contributed by atoms with Crippen molar-refractivity contribution in [2.75, 3.05) is 50.0 Å². The molecule has 0 spiro atoms. The largest absolute Gasteiger partial charge is 0.492 e. The number of benzene rings is 2. The fourth-order valence-electron chi connectivity index (χ4n) is 4.92. The second-order valence-electron chi connectivity index (χ2n) is 13.6. The molecule has 3 N–H and O–H groups in total. The molecule has 12 nitrogen and oxygen atoms in total. The van der Waals surface area contributed by atoms with Crippen molar-refractivity contribution >= 4 is 23.6 Å². The Labute approximate surface area is 277 Å². The lowest BCUT2D eigenvalue weighted by atomic mass is 9.93. The first kappa shape index (κ1) is 34.4. The predicted octanol–water partition coefficient (Wildman–Crippen LogP) is 6.88. The summed E-state index contributed by atoms with van der Waals surface area (Å²) < 4.78 is 46.5. The molecule has 5 rings (SSSR count). The molecule has 4 aromatic rings. The van der Waals surface area contributed by atoms with E-state index in [4.69, 9.17) is 14.0 Å². The summed E-state index contributed by atoms with van der Waals surface area (Å²) in [5.41, 5.74) is 0.639. The van der Waals surface area contributed by atoms with E-state index in [9.17, 15) is 14.0 Å². The van der Waals surface area contributed by atoms with Gasteiger partial charge in [-0.25, -0.2) is 18.4 Å². The van der Waals surface area contributed by atoms with Gasteiger partial charge in [-0.3, -0.25) is 15.3 Å². The number of aromatic nitrogens is 3. The van der Waals surface area contributed by atoms with Crippen LogP contribution < -0.4 is 15.4 Å². The van der Waals surface area contributed by atoms with E-state index >= 15 is 4.39 Å². The third kappa shape index (κ3) is 8.88. The molecule has 256 valence electrons. The maximum atomic E-state index is 15.1. The van der Waals surface area contributed by atoms with E-state index in [-0.39, 0.29) is 28.6 Å². The molecule has 0 atom stereocenters. The number of nitrogens with one attached hydrogen (secondary N) is 3. The number of carbonyl (C=O) groups is 2. The molecule has 2 aromatic carbocycles. The molecule has 48 heavy (non-hydrogen) atoms. The van der Waals surface area contributed by atoms with Crippen LogP contribution in [0.5, 0.6) is 5.75 Å². The zero-order valence-corrected chi connectivity index (χ0v) is 27.9. The van der Waals surface area contributed by atoms with Gasteiger partial charge in [0.05, 0.1) is 17.1 Å². The zero-order valence-electron chi connectivity index (χ0n) is 27.9. The first-order valence-electron chi connectivity index (χ1n) is 15.7.